The smallest absolute Gasteiger partial charge is 0.271 e. The second-order valence-corrected chi connectivity index (χ2v) is 9.14. The highest BCUT2D eigenvalue weighted by Crippen LogP contribution is 2.36. The molecular weight excluding hydrogens is 464 g/mol. The predicted octanol–water partition coefficient (Wildman–Crippen LogP) is 5.01. The molecule has 10 heteroatoms. The van der Waals surface area contributed by atoms with Gasteiger partial charge in [-0.1, -0.05) is 27.5 Å². The van der Waals surface area contributed by atoms with Crippen molar-refractivity contribution in [3.05, 3.63) is 43.1 Å². The van der Waals surface area contributed by atoms with Gasteiger partial charge < -0.3 is 0 Å². The standard InChI is InChI=1S/C10H4Br2ClF2NO2S2/c11-4-1-6(14)9(7(15)2-4)16-20(17,18)8-3-5(13)10(12)19-8/h1-3,16H. The summed E-state index contributed by atoms with van der Waals surface area (Å²) in [5.41, 5.74) is -0.742. The summed E-state index contributed by atoms with van der Waals surface area (Å²) in [6, 6.07) is 3.10. The van der Waals surface area contributed by atoms with Gasteiger partial charge in [-0.15, -0.1) is 11.3 Å². The normalized spacial score (nSPS) is 11.7. The van der Waals surface area contributed by atoms with Crippen LogP contribution in [0, 0.1) is 11.6 Å². The number of rotatable bonds is 3. The summed E-state index contributed by atoms with van der Waals surface area (Å²) in [7, 11) is -4.11. The Bertz CT molecular complexity index is 737. The molecule has 1 aromatic heterocycles. The molecule has 0 spiro atoms. The van der Waals surface area contributed by atoms with E-state index in [0.717, 1.165) is 23.5 Å². The van der Waals surface area contributed by atoms with E-state index in [1.165, 1.54) is 6.07 Å². The summed E-state index contributed by atoms with van der Waals surface area (Å²) >= 11 is 12.6. The van der Waals surface area contributed by atoms with E-state index in [1.807, 2.05) is 4.72 Å². The van der Waals surface area contributed by atoms with Crippen LogP contribution in [0.15, 0.2) is 30.7 Å². The Morgan fingerprint density at radius 3 is 2.15 bits per heavy atom. The highest BCUT2D eigenvalue weighted by molar-refractivity contribution is 9.11. The lowest BCUT2D eigenvalue weighted by Crippen LogP contribution is -2.14. The quantitative estimate of drug-likeness (QED) is 0.690. The second kappa shape index (κ2) is 5.88. The zero-order valence-corrected chi connectivity index (χ0v) is 14.8. The van der Waals surface area contributed by atoms with Crippen LogP contribution in [0.25, 0.3) is 0 Å². The van der Waals surface area contributed by atoms with E-state index in [2.05, 4.69) is 31.9 Å². The lowest BCUT2D eigenvalue weighted by molar-refractivity contribution is 0.582. The molecule has 0 aliphatic rings. The van der Waals surface area contributed by atoms with Crippen molar-refractivity contribution in [1.29, 1.82) is 0 Å². The molecule has 2 rings (SSSR count). The molecule has 0 aliphatic heterocycles. The van der Waals surface area contributed by atoms with Crippen molar-refractivity contribution in [2.45, 2.75) is 4.21 Å². The van der Waals surface area contributed by atoms with Crippen molar-refractivity contribution < 1.29 is 17.2 Å². The number of anilines is 1. The van der Waals surface area contributed by atoms with Crippen LogP contribution in [0.1, 0.15) is 0 Å². The van der Waals surface area contributed by atoms with E-state index in [9.17, 15) is 17.2 Å². The molecule has 0 atom stereocenters. The molecule has 1 N–H and O–H groups in total. The Labute approximate surface area is 139 Å². The molecule has 0 radical (unpaired) electrons. The Balaban J connectivity index is 2.43. The fraction of sp³-hybridized carbons (Fsp3) is 0. The summed E-state index contributed by atoms with van der Waals surface area (Å²) in [5.74, 6) is -2.05. The molecule has 1 heterocycles. The van der Waals surface area contributed by atoms with Gasteiger partial charge in [0.2, 0.25) is 0 Å². The molecule has 2 aromatic rings. The van der Waals surface area contributed by atoms with Crippen LogP contribution < -0.4 is 4.72 Å². The maximum Gasteiger partial charge on any atom is 0.271 e. The van der Waals surface area contributed by atoms with Crippen LogP contribution >= 0.6 is 54.8 Å². The monoisotopic (exact) mass is 465 g/mol. The fourth-order valence-corrected chi connectivity index (χ4v) is 5.16. The topological polar surface area (TPSA) is 46.2 Å². The van der Waals surface area contributed by atoms with Crippen LogP contribution in [-0.4, -0.2) is 8.42 Å². The molecule has 0 bridgehead atoms. The SMILES string of the molecule is O=S(=O)(Nc1c(F)cc(Br)cc1F)c1cc(Cl)c(Br)s1. The van der Waals surface area contributed by atoms with Crippen LogP contribution in [0.4, 0.5) is 14.5 Å². The van der Waals surface area contributed by atoms with E-state index in [0.29, 0.717) is 3.79 Å². The first-order valence-electron chi connectivity index (χ1n) is 4.83. The van der Waals surface area contributed by atoms with Crippen molar-refractivity contribution in [3.8, 4) is 0 Å². The molecule has 108 valence electrons. The number of nitrogens with one attached hydrogen (secondary N) is 1. The zero-order valence-electron chi connectivity index (χ0n) is 9.25. The van der Waals surface area contributed by atoms with Gasteiger partial charge in [0.25, 0.3) is 10.0 Å². The third-order valence-electron chi connectivity index (χ3n) is 2.13. The molecule has 0 aliphatic carbocycles. The summed E-state index contributed by atoms with van der Waals surface area (Å²) in [6.45, 7) is 0. The maximum atomic E-state index is 13.6. The third-order valence-corrected chi connectivity index (χ3v) is 6.89. The first kappa shape index (κ1) is 16.2. The van der Waals surface area contributed by atoms with Gasteiger partial charge in [0.1, 0.15) is 9.90 Å². The van der Waals surface area contributed by atoms with Crippen molar-refractivity contribution in [2.75, 3.05) is 4.72 Å². The van der Waals surface area contributed by atoms with E-state index < -0.39 is 27.3 Å². The Morgan fingerprint density at radius 2 is 1.70 bits per heavy atom. The van der Waals surface area contributed by atoms with Crippen molar-refractivity contribution in [1.82, 2.24) is 0 Å². The third kappa shape index (κ3) is 3.33. The highest BCUT2D eigenvalue weighted by Gasteiger charge is 2.22. The van der Waals surface area contributed by atoms with Gasteiger partial charge in [-0.25, -0.2) is 17.2 Å². The van der Waals surface area contributed by atoms with Crippen molar-refractivity contribution in [2.24, 2.45) is 0 Å². The molecule has 1 aromatic carbocycles. The highest BCUT2D eigenvalue weighted by atomic mass is 79.9. The van der Waals surface area contributed by atoms with Crippen LogP contribution in [-0.2, 0) is 10.0 Å². The predicted molar refractivity (Wildman–Crippen MR) is 81.9 cm³/mol. The van der Waals surface area contributed by atoms with Crippen LogP contribution in [0.2, 0.25) is 5.02 Å². The zero-order chi connectivity index (χ0) is 15.1. The summed E-state index contributed by atoms with van der Waals surface area (Å²) in [6.07, 6.45) is 0. The molecule has 0 amide bonds. The number of halogens is 5. The average Bonchev–Trinajstić information content (AvgIpc) is 2.65. The second-order valence-electron chi connectivity index (χ2n) is 3.54. The van der Waals surface area contributed by atoms with Crippen molar-refractivity contribution in [3.63, 3.8) is 0 Å². The van der Waals surface area contributed by atoms with Crippen LogP contribution in [0.5, 0.6) is 0 Å². The van der Waals surface area contributed by atoms with Gasteiger partial charge in [-0.2, -0.15) is 0 Å². The molecular formula is C10H4Br2ClF2NO2S2. The maximum absolute atomic E-state index is 13.6. The lowest BCUT2D eigenvalue weighted by Gasteiger charge is -2.08. The largest absolute Gasteiger partial charge is 0.273 e. The van der Waals surface area contributed by atoms with Gasteiger partial charge in [-0.3, -0.25) is 4.72 Å². The Hall–Kier alpha value is -0.220. The fourth-order valence-electron chi connectivity index (χ4n) is 1.28. The average molecular weight is 468 g/mol. The molecule has 0 saturated heterocycles. The molecule has 20 heavy (non-hydrogen) atoms. The van der Waals surface area contributed by atoms with Crippen molar-refractivity contribution >= 4 is 70.5 Å². The van der Waals surface area contributed by atoms with Gasteiger partial charge in [0.15, 0.2) is 11.6 Å². The number of sulfonamides is 1. The minimum atomic E-state index is -4.11. The minimum Gasteiger partial charge on any atom is -0.273 e. The van der Waals surface area contributed by atoms with Gasteiger partial charge in [-0.05, 0) is 34.1 Å². The number of hydrogen-bond donors (Lipinski definition) is 1. The van der Waals surface area contributed by atoms with E-state index >= 15 is 0 Å². The number of thiophene rings is 1. The Kier molecular flexibility index (Phi) is 4.75. The number of hydrogen-bond acceptors (Lipinski definition) is 3. The van der Waals surface area contributed by atoms with E-state index in [1.54, 1.807) is 0 Å². The Morgan fingerprint density at radius 1 is 1.15 bits per heavy atom. The first-order valence-corrected chi connectivity index (χ1v) is 9.09. The van der Waals surface area contributed by atoms with Crippen LogP contribution in [0.3, 0.4) is 0 Å². The van der Waals surface area contributed by atoms with E-state index in [4.69, 9.17) is 11.6 Å². The minimum absolute atomic E-state index is 0.156. The van der Waals surface area contributed by atoms with Gasteiger partial charge >= 0.3 is 0 Å². The number of benzene rings is 1. The molecule has 0 unspecified atom stereocenters. The van der Waals surface area contributed by atoms with Gasteiger partial charge in [0, 0.05) is 4.47 Å². The molecule has 3 nitrogen and oxygen atoms in total. The summed E-state index contributed by atoms with van der Waals surface area (Å²) in [4.78, 5) is 0. The van der Waals surface area contributed by atoms with E-state index in [-0.39, 0.29) is 13.7 Å². The summed E-state index contributed by atoms with van der Waals surface area (Å²) in [5, 5.41) is 0.201. The first-order chi connectivity index (χ1) is 9.20. The molecule has 0 saturated carbocycles. The van der Waals surface area contributed by atoms with Gasteiger partial charge in [0.05, 0.1) is 8.81 Å². The summed E-state index contributed by atoms with van der Waals surface area (Å²) < 4.78 is 53.6. The molecule has 0 fully saturated rings. The lowest BCUT2D eigenvalue weighted by atomic mass is 10.3.